The Morgan fingerprint density at radius 1 is 1.44 bits per heavy atom. The summed E-state index contributed by atoms with van der Waals surface area (Å²) in [6.45, 7) is 1.96. The summed E-state index contributed by atoms with van der Waals surface area (Å²) in [5.74, 6) is -0.303. The van der Waals surface area contributed by atoms with Gasteiger partial charge >= 0.3 is 6.36 Å². The molecule has 0 aliphatic rings. The molecule has 0 bridgehead atoms. The van der Waals surface area contributed by atoms with Crippen molar-refractivity contribution in [3.8, 4) is 5.75 Å². The highest BCUT2D eigenvalue weighted by Crippen LogP contribution is 2.32. The molecule has 0 aromatic heterocycles. The molecule has 0 radical (unpaired) electrons. The van der Waals surface area contributed by atoms with Crippen LogP contribution < -0.4 is 10.1 Å². The van der Waals surface area contributed by atoms with E-state index in [1.165, 1.54) is 12.1 Å². The summed E-state index contributed by atoms with van der Waals surface area (Å²) in [5.41, 5.74) is 0.233. The summed E-state index contributed by atoms with van der Waals surface area (Å²) in [4.78, 5) is 0. The van der Waals surface area contributed by atoms with Crippen LogP contribution in [0.2, 0.25) is 0 Å². The highest BCUT2D eigenvalue weighted by atomic mass is 79.9. The molecule has 1 aromatic carbocycles. The fourth-order valence-corrected chi connectivity index (χ4v) is 1.61. The van der Waals surface area contributed by atoms with Crippen LogP contribution in [0.1, 0.15) is 13.3 Å². The molecule has 1 unspecified atom stereocenters. The molecule has 102 valence electrons. The Kier molecular flexibility index (Phi) is 5.28. The van der Waals surface area contributed by atoms with E-state index in [0.29, 0.717) is 17.4 Å². The van der Waals surface area contributed by atoms with Crippen molar-refractivity contribution >= 4 is 21.6 Å². The number of hydrogen-bond acceptors (Lipinski definition) is 3. The van der Waals surface area contributed by atoms with Gasteiger partial charge in [0.05, 0.1) is 11.8 Å². The Hall–Kier alpha value is -0.950. The predicted molar refractivity (Wildman–Crippen MR) is 65.6 cm³/mol. The number of aliphatic hydroxyl groups is 1. The minimum Gasteiger partial charge on any atom is -0.404 e. The van der Waals surface area contributed by atoms with E-state index in [2.05, 4.69) is 26.0 Å². The topological polar surface area (TPSA) is 41.5 Å². The third-order valence-corrected chi connectivity index (χ3v) is 2.54. The Morgan fingerprint density at radius 3 is 2.67 bits per heavy atom. The predicted octanol–water partition coefficient (Wildman–Crippen LogP) is 3.53. The molecule has 0 amide bonds. The van der Waals surface area contributed by atoms with Crippen LogP contribution in [0.4, 0.5) is 18.9 Å². The van der Waals surface area contributed by atoms with E-state index < -0.39 is 12.5 Å². The molecular formula is C11H13BrF3NO2. The van der Waals surface area contributed by atoms with Crippen LogP contribution in [0.15, 0.2) is 22.7 Å². The molecule has 0 fully saturated rings. The van der Waals surface area contributed by atoms with Crippen LogP contribution in [-0.2, 0) is 0 Å². The maximum atomic E-state index is 12.2. The summed E-state index contributed by atoms with van der Waals surface area (Å²) < 4.78 is 41.0. The summed E-state index contributed by atoms with van der Waals surface area (Å²) in [6, 6.07) is 4.32. The van der Waals surface area contributed by atoms with Crippen LogP contribution in [0.25, 0.3) is 0 Å². The maximum absolute atomic E-state index is 12.2. The molecule has 0 aliphatic heterocycles. The van der Waals surface area contributed by atoms with Crippen molar-refractivity contribution in [2.75, 3.05) is 11.9 Å². The number of ether oxygens (including phenoxy) is 1. The van der Waals surface area contributed by atoms with Gasteiger partial charge in [-0.15, -0.1) is 13.2 Å². The highest BCUT2D eigenvalue weighted by Gasteiger charge is 2.32. The van der Waals surface area contributed by atoms with Crippen molar-refractivity contribution in [1.82, 2.24) is 0 Å². The first kappa shape index (κ1) is 15.1. The van der Waals surface area contributed by atoms with E-state index in [1.807, 2.05) is 0 Å². The van der Waals surface area contributed by atoms with Crippen LogP contribution in [0.5, 0.6) is 5.75 Å². The van der Waals surface area contributed by atoms with Gasteiger partial charge in [-0.3, -0.25) is 0 Å². The normalized spacial score (nSPS) is 13.2. The molecule has 1 rings (SSSR count). The Balaban J connectivity index is 2.76. The standard InChI is InChI=1S/C11H13BrF3NO2/c1-7(17)4-5-16-9-3-2-8(12)6-10(9)18-11(13,14)15/h2-3,6-7,16-17H,4-5H2,1H3. The molecular weight excluding hydrogens is 315 g/mol. The van der Waals surface area contributed by atoms with E-state index in [0.717, 1.165) is 0 Å². The van der Waals surface area contributed by atoms with Gasteiger partial charge in [-0.1, -0.05) is 15.9 Å². The average molecular weight is 328 g/mol. The van der Waals surface area contributed by atoms with E-state index >= 15 is 0 Å². The Bertz CT molecular complexity index is 396. The third kappa shape index (κ3) is 5.59. The van der Waals surface area contributed by atoms with Crippen molar-refractivity contribution < 1.29 is 23.0 Å². The summed E-state index contributed by atoms with van der Waals surface area (Å²) in [5, 5.41) is 11.9. The number of halogens is 4. The highest BCUT2D eigenvalue weighted by molar-refractivity contribution is 9.10. The zero-order valence-corrected chi connectivity index (χ0v) is 11.2. The summed E-state index contributed by atoms with van der Waals surface area (Å²) in [7, 11) is 0. The van der Waals surface area contributed by atoms with E-state index in [1.54, 1.807) is 13.0 Å². The van der Waals surface area contributed by atoms with Gasteiger partial charge in [-0.2, -0.15) is 0 Å². The van der Waals surface area contributed by atoms with E-state index in [4.69, 9.17) is 5.11 Å². The van der Waals surface area contributed by atoms with Crippen molar-refractivity contribution in [3.63, 3.8) is 0 Å². The fraction of sp³-hybridized carbons (Fsp3) is 0.455. The molecule has 1 aromatic rings. The number of aliphatic hydroxyl groups excluding tert-OH is 1. The van der Waals surface area contributed by atoms with Gasteiger partial charge in [0.1, 0.15) is 0 Å². The lowest BCUT2D eigenvalue weighted by molar-refractivity contribution is -0.274. The first-order chi connectivity index (χ1) is 8.28. The number of anilines is 1. The zero-order valence-electron chi connectivity index (χ0n) is 9.59. The Labute approximate surface area is 111 Å². The lowest BCUT2D eigenvalue weighted by atomic mass is 10.2. The zero-order chi connectivity index (χ0) is 13.8. The van der Waals surface area contributed by atoms with E-state index in [9.17, 15) is 13.2 Å². The number of rotatable bonds is 5. The Morgan fingerprint density at radius 2 is 2.11 bits per heavy atom. The fourth-order valence-electron chi connectivity index (χ4n) is 1.27. The van der Waals surface area contributed by atoms with Crippen LogP contribution >= 0.6 is 15.9 Å². The molecule has 18 heavy (non-hydrogen) atoms. The van der Waals surface area contributed by atoms with Crippen molar-refractivity contribution in [3.05, 3.63) is 22.7 Å². The van der Waals surface area contributed by atoms with Gasteiger partial charge in [-0.05, 0) is 31.5 Å². The first-order valence-electron chi connectivity index (χ1n) is 5.25. The number of benzene rings is 1. The first-order valence-corrected chi connectivity index (χ1v) is 6.04. The number of nitrogens with one attached hydrogen (secondary N) is 1. The van der Waals surface area contributed by atoms with Gasteiger partial charge in [0.25, 0.3) is 0 Å². The quantitative estimate of drug-likeness (QED) is 0.869. The van der Waals surface area contributed by atoms with Gasteiger partial charge in [-0.25, -0.2) is 0 Å². The molecule has 1 atom stereocenters. The number of alkyl halides is 3. The number of hydrogen-bond donors (Lipinski definition) is 2. The molecule has 0 spiro atoms. The lowest BCUT2D eigenvalue weighted by Crippen LogP contribution is -2.18. The molecule has 0 saturated carbocycles. The third-order valence-electron chi connectivity index (χ3n) is 2.05. The SMILES string of the molecule is CC(O)CCNc1ccc(Br)cc1OC(F)(F)F. The van der Waals surface area contributed by atoms with Crippen molar-refractivity contribution in [2.45, 2.75) is 25.8 Å². The molecule has 7 heteroatoms. The minimum absolute atomic E-state index is 0.233. The van der Waals surface area contributed by atoms with E-state index in [-0.39, 0.29) is 11.4 Å². The maximum Gasteiger partial charge on any atom is 0.573 e. The van der Waals surface area contributed by atoms with Crippen molar-refractivity contribution in [2.24, 2.45) is 0 Å². The largest absolute Gasteiger partial charge is 0.573 e. The van der Waals surface area contributed by atoms with Crippen LogP contribution in [0, 0.1) is 0 Å². The van der Waals surface area contributed by atoms with Gasteiger partial charge in [0.15, 0.2) is 5.75 Å². The molecule has 0 heterocycles. The minimum atomic E-state index is -4.73. The second-order valence-electron chi connectivity index (χ2n) is 3.75. The monoisotopic (exact) mass is 327 g/mol. The lowest BCUT2D eigenvalue weighted by Gasteiger charge is -2.15. The van der Waals surface area contributed by atoms with Crippen LogP contribution in [0.3, 0.4) is 0 Å². The smallest absolute Gasteiger partial charge is 0.404 e. The molecule has 3 nitrogen and oxygen atoms in total. The van der Waals surface area contributed by atoms with Gasteiger partial charge in [0.2, 0.25) is 0 Å². The second-order valence-corrected chi connectivity index (χ2v) is 4.67. The van der Waals surface area contributed by atoms with Crippen LogP contribution in [-0.4, -0.2) is 24.1 Å². The molecule has 0 aliphatic carbocycles. The molecule has 2 N–H and O–H groups in total. The average Bonchev–Trinajstić information content (AvgIpc) is 2.18. The summed E-state index contributed by atoms with van der Waals surface area (Å²) >= 11 is 3.08. The van der Waals surface area contributed by atoms with Gasteiger partial charge in [0, 0.05) is 11.0 Å². The molecule has 0 saturated heterocycles. The van der Waals surface area contributed by atoms with Gasteiger partial charge < -0.3 is 15.2 Å². The second kappa shape index (κ2) is 6.29. The summed E-state index contributed by atoms with van der Waals surface area (Å²) in [6.07, 6.45) is -4.82. The van der Waals surface area contributed by atoms with Crippen molar-refractivity contribution in [1.29, 1.82) is 0 Å².